The van der Waals surface area contributed by atoms with Crippen molar-refractivity contribution in [1.29, 1.82) is 0 Å². The molecule has 1 aliphatic rings. The topological polar surface area (TPSA) is 47.6 Å². The Labute approximate surface area is 126 Å². The van der Waals surface area contributed by atoms with Gasteiger partial charge in [0.05, 0.1) is 13.5 Å². The number of ether oxygens (including phenoxy) is 2. The Bertz CT molecular complexity index is 461. The zero-order valence-electron chi connectivity index (χ0n) is 13.1. The van der Waals surface area contributed by atoms with Crippen LogP contribution < -0.4 is 10.1 Å². The maximum Gasteiger partial charge on any atom is 0.310 e. The van der Waals surface area contributed by atoms with Crippen LogP contribution in [-0.4, -0.2) is 31.8 Å². The summed E-state index contributed by atoms with van der Waals surface area (Å²) in [5.74, 6) is 1.06. The van der Waals surface area contributed by atoms with Gasteiger partial charge in [-0.1, -0.05) is 12.1 Å². The predicted molar refractivity (Wildman–Crippen MR) is 82.5 cm³/mol. The fourth-order valence-electron chi connectivity index (χ4n) is 2.84. The summed E-state index contributed by atoms with van der Waals surface area (Å²) in [6.07, 6.45) is 2.42. The number of hydrogen-bond acceptors (Lipinski definition) is 4. The number of benzene rings is 1. The molecule has 0 radical (unpaired) electrons. The molecule has 1 aliphatic heterocycles. The quantitative estimate of drug-likeness (QED) is 0.847. The molecule has 0 atom stereocenters. The van der Waals surface area contributed by atoms with Gasteiger partial charge in [0.15, 0.2) is 0 Å². The van der Waals surface area contributed by atoms with Crippen LogP contribution >= 0.6 is 0 Å². The molecule has 1 saturated heterocycles. The van der Waals surface area contributed by atoms with Crippen molar-refractivity contribution < 1.29 is 14.3 Å². The van der Waals surface area contributed by atoms with Crippen LogP contribution in [0.2, 0.25) is 0 Å². The molecular weight excluding hydrogens is 266 g/mol. The van der Waals surface area contributed by atoms with Gasteiger partial charge in [-0.05, 0) is 57.5 Å². The van der Waals surface area contributed by atoms with E-state index in [0.717, 1.165) is 37.2 Å². The molecule has 116 valence electrons. The molecule has 4 nitrogen and oxygen atoms in total. The summed E-state index contributed by atoms with van der Waals surface area (Å²) in [6, 6.07) is 7.52. The van der Waals surface area contributed by atoms with Crippen molar-refractivity contribution in [2.24, 2.45) is 5.92 Å². The Hall–Kier alpha value is -1.55. The molecule has 2 rings (SSSR count). The number of carbonyl (C=O) groups is 1. The van der Waals surface area contributed by atoms with Crippen LogP contribution in [-0.2, 0) is 16.0 Å². The highest BCUT2D eigenvalue weighted by Crippen LogP contribution is 2.29. The Balaban J connectivity index is 1.90. The van der Waals surface area contributed by atoms with E-state index in [9.17, 15) is 4.79 Å². The lowest BCUT2D eigenvalue weighted by atomic mass is 9.83. The van der Waals surface area contributed by atoms with Gasteiger partial charge in [0, 0.05) is 5.92 Å². The van der Waals surface area contributed by atoms with Crippen LogP contribution in [0.1, 0.15) is 32.3 Å². The average Bonchev–Trinajstić information content (AvgIpc) is 2.48. The SMILES string of the molecule is COc1ccc(CC(=O)OC(C)(C)C2CCNCC2)cc1. The summed E-state index contributed by atoms with van der Waals surface area (Å²) in [6.45, 7) is 6.05. The second kappa shape index (κ2) is 6.94. The van der Waals surface area contributed by atoms with Crippen molar-refractivity contribution in [3.63, 3.8) is 0 Å². The Morgan fingerprint density at radius 3 is 2.43 bits per heavy atom. The number of hydrogen-bond donors (Lipinski definition) is 1. The van der Waals surface area contributed by atoms with Gasteiger partial charge in [-0.25, -0.2) is 0 Å². The maximum atomic E-state index is 12.2. The van der Waals surface area contributed by atoms with Crippen LogP contribution in [0.4, 0.5) is 0 Å². The van der Waals surface area contributed by atoms with E-state index in [1.54, 1.807) is 7.11 Å². The zero-order chi connectivity index (χ0) is 15.3. The molecule has 0 bridgehead atoms. The summed E-state index contributed by atoms with van der Waals surface area (Å²) in [7, 11) is 1.63. The Morgan fingerprint density at radius 1 is 1.24 bits per heavy atom. The lowest BCUT2D eigenvalue weighted by molar-refractivity contribution is -0.161. The van der Waals surface area contributed by atoms with E-state index in [-0.39, 0.29) is 5.97 Å². The lowest BCUT2D eigenvalue weighted by Gasteiger charge is -2.36. The molecule has 1 aromatic rings. The third-order valence-corrected chi connectivity index (χ3v) is 4.21. The van der Waals surface area contributed by atoms with Gasteiger partial charge in [-0.3, -0.25) is 4.79 Å². The molecule has 0 unspecified atom stereocenters. The number of carbonyl (C=O) groups excluding carboxylic acids is 1. The highest BCUT2D eigenvalue weighted by molar-refractivity contribution is 5.73. The van der Waals surface area contributed by atoms with E-state index in [2.05, 4.69) is 5.32 Å². The van der Waals surface area contributed by atoms with Gasteiger partial charge in [-0.15, -0.1) is 0 Å². The van der Waals surface area contributed by atoms with E-state index >= 15 is 0 Å². The van der Waals surface area contributed by atoms with Crippen molar-refractivity contribution >= 4 is 5.97 Å². The van der Waals surface area contributed by atoms with Crippen LogP contribution in [0, 0.1) is 5.92 Å². The second-order valence-corrected chi connectivity index (χ2v) is 6.13. The van der Waals surface area contributed by atoms with E-state index in [1.165, 1.54) is 0 Å². The first-order valence-electron chi connectivity index (χ1n) is 7.57. The molecule has 1 heterocycles. The van der Waals surface area contributed by atoms with Gasteiger partial charge in [0.25, 0.3) is 0 Å². The van der Waals surface area contributed by atoms with Crippen molar-refractivity contribution in [3.8, 4) is 5.75 Å². The summed E-state index contributed by atoms with van der Waals surface area (Å²) in [5, 5.41) is 3.34. The van der Waals surface area contributed by atoms with Crippen LogP contribution in [0.3, 0.4) is 0 Å². The molecular formula is C17H25NO3. The van der Waals surface area contributed by atoms with Gasteiger partial charge in [-0.2, -0.15) is 0 Å². The number of esters is 1. The van der Waals surface area contributed by atoms with Gasteiger partial charge in [0.1, 0.15) is 11.4 Å². The van der Waals surface area contributed by atoms with E-state index in [4.69, 9.17) is 9.47 Å². The van der Waals surface area contributed by atoms with Crippen molar-refractivity contribution in [1.82, 2.24) is 5.32 Å². The van der Waals surface area contributed by atoms with E-state index in [1.807, 2.05) is 38.1 Å². The van der Waals surface area contributed by atoms with Gasteiger partial charge in [0.2, 0.25) is 0 Å². The Morgan fingerprint density at radius 2 is 1.86 bits per heavy atom. The molecule has 1 aromatic carbocycles. The minimum atomic E-state index is -0.397. The van der Waals surface area contributed by atoms with E-state index < -0.39 is 5.60 Å². The molecule has 21 heavy (non-hydrogen) atoms. The molecule has 1 fully saturated rings. The van der Waals surface area contributed by atoms with Crippen LogP contribution in [0.5, 0.6) is 5.75 Å². The minimum absolute atomic E-state index is 0.163. The molecule has 4 heteroatoms. The first-order valence-corrected chi connectivity index (χ1v) is 7.57. The third kappa shape index (κ3) is 4.46. The van der Waals surface area contributed by atoms with Crippen LogP contribution in [0.25, 0.3) is 0 Å². The largest absolute Gasteiger partial charge is 0.497 e. The highest BCUT2D eigenvalue weighted by Gasteiger charge is 2.33. The molecule has 1 N–H and O–H groups in total. The zero-order valence-corrected chi connectivity index (χ0v) is 13.1. The van der Waals surface area contributed by atoms with Crippen molar-refractivity contribution in [3.05, 3.63) is 29.8 Å². The summed E-state index contributed by atoms with van der Waals surface area (Å²) < 4.78 is 10.9. The smallest absolute Gasteiger partial charge is 0.310 e. The van der Waals surface area contributed by atoms with E-state index in [0.29, 0.717) is 12.3 Å². The first-order chi connectivity index (χ1) is 10.0. The summed E-state index contributed by atoms with van der Waals surface area (Å²) >= 11 is 0. The third-order valence-electron chi connectivity index (χ3n) is 4.21. The summed E-state index contributed by atoms with van der Waals surface area (Å²) in [5.41, 5.74) is 0.549. The average molecular weight is 291 g/mol. The number of nitrogens with one attached hydrogen (secondary N) is 1. The fraction of sp³-hybridized carbons (Fsp3) is 0.588. The lowest BCUT2D eigenvalue weighted by Crippen LogP contribution is -2.43. The summed E-state index contributed by atoms with van der Waals surface area (Å²) in [4.78, 5) is 12.2. The minimum Gasteiger partial charge on any atom is -0.497 e. The monoisotopic (exact) mass is 291 g/mol. The molecule has 0 amide bonds. The number of rotatable bonds is 5. The van der Waals surface area contributed by atoms with Crippen molar-refractivity contribution in [2.75, 3.05) is 20.2 Å². The predicted octanol–water partition coefficient (Wildman–Crippen LogP) is 2.56. The maximum absolute atomic E-state index is 12.2. The molecule has 0 aromatic heterocycles. The van der Waals surface area contributed by atoms with Gasteiger partial charge < -0.3 is 14.8 Å². The molecule has 0 saturated carbocycles. The second-order valence-electron chi connectivity index (χ2n) is 6.13. The normalized spacial score (nSPS) is 16.5. The fourth-order valence-corrected chi connectivity index (χ4v) is 2.84. The molecule has 0 spiro atoms. The highest BCUT2D eigenvalue weighted by atomic mass is 16.6. The first kappa shape index (κ1) is 15.8. The number of piperidine rings is 1. The molecule has 0 aliphatic carbocycles. The van der Waals surface area contributed by atoms with Crippen LogP contribution in [0.15, 0.2) is 24.3 Å². The van der Waals surface area contributed by atoms with Crippen molar-refractivity contribution in [2.45, 2.75) is 38.7 Å². The van der Waals surface area contributed by atoms with Gasteiger partial charge >= 0.3 is 5.97 Å². The number of methoxy groups -OCH3 is 1. The Kier molecular flexibility index (Phi) is 5.23. The standard InChI is InChI=1S/C17H25NO3/c1-17(2,14-8-10-18-11-9-14)21-16(19)12-13-4-6-15(20-3)7-5-13/h4-7,14,18H,8-12H2,1-3H3.